The minimum atomic E-state index is -0.947. The second-order valence-electron chi connectivity index (χ2n) is 5.08. The third kappa shape index (κ3) is 3.35. The molecule has 6 nitrogen and oxygen atoms in total. The van der Waals surface area contributed by atoms with E-state index in [0.717, 1.165) is 0 Å². The smallest absolute Gasteiger partial charge is 0.326 e. The molecule has 3 atom stereocenters. The van der Waals surface area contributed by atoms with Gasteiger partial charge in [0.05, 0.1) is 6.10 Å². The van der Waals surface area contributed by atoms with Gasteiger partial charge in [-0.05, 0) is 25.7 Å². The van der Waals surface area contributed by atoms with Gasteiger partial charge in [0.15, 0.2) is 0 Å². The Balaban J connectivity index is 2.62. The molecule has 0 aromatic carbocycles. The summed E-state index contributed by atoms with van der Waals surface area (Å²) in [5.41, 5.74) is 0. The number of aliphatic hydroxyl groups is 1. The summed E-state index contributed by atoms with van der Waals surface area (Å²) in [5, 5.41) is 18.3. The van der Waals surface area contributed by atoms with Crippen molar-refractivity contribution < 1.29 is 19.8 Å². The Bertz CT molecular complexity index is 319. The van der Waals surface area contributed by atoms with Crippen molar-refractivity contribution in [2.45, 2.75) is 38.8 Å². The molecule has 3 unspecified atom stereocenters. The molecule has 1 heterocycles. The van der Waals surface area contributed by atoms with Crippen LogP contribution in [-0.2, 0) is 4.79 Å². The molecule has 0 radical (unpaired) electrons. The Kier molecular flexibility index (Phi) is 4.95. The number of carboxylic acids is 1. The van der Waals surface area contributed by atoms with Crippen molar-refractivity contribution in [1.82, 2.24) is 9.80 Å². The van der Waals surface area contributed by atoms with E-state index >= 15 is 0 Å². The number of urea groups is 1. The summed E-state index contributed by atoms with van der Waals surface area (Å²) in [6.45, 7) is 4.42. The number of hydrogen-bond acceptors (Lipinski definition) is 3. The summed E-state index contributed by atoms with van der Waals surface area (Å²) in [6, 6.07) is -1.00. The third-order valence-corrected chi connectivity index (χ3v) is 3.41. The first-order chi connectivity index (χ1) is 8.34. The normalized spacial score (nSPS) is 25.0. The van der Waals surface area contributed by atoms with Gasteiger partial charge >= 0.3 is 12.0 Å². The van der Waals surface area contributed by atoms with Gasteiger partial charge in [0.1, 0.15) is 6.04 Å². The van der Waals surface area contributed by atoms with E-state index in [9.17, 15) is 14.7 Å². The van der Waals surface area contributed by atoms with Crippen LogP contribution in [0.1, 0.15) is 26.7 Å². The van der Waals surface area contributed by atoms with Crippen LogP contribution in [0.15, 0.2) is 0 Å². The summed E-state index contributed by atoms with van der Waals surface area (Å²) < 4.78 is 0. The molecule has 1 rings (SSSR count). The Morgan fingerprint density at radius 3 is 2.61 bits per heavy atom. The molecule has 1 fully saturated rings. The van der Waals surface area contributed by atoms with E-state index in [2.05, 4.69) is 0 Å². The molecular formula is C12H22N2O4. The van der Waals surface area contributed by atoms with E-state index in [1.807, 2.05) is 6.92 Å². The largest absolute Gasteiger partial charge is 0.480 e. The Morgan fingerprint density at radius 2 is 2.11 bits per heavy atom. The number of likely N-dealkylation sites (tertiary alicyclic amines) is 1. The quantitative estimate of drug-likeness (QED) is 0.774. The van der Waals surface area contributed by atoms with E-state index in [0.29, 0.717) is 25.9 Å². The van der Waals surface area contributed by atoms with Crippen molar-refractivity contribution in [2.24, 2.45) is 5.92 Å². The van der Waals surface area contributed by atoms with Crippen LogP contribution < -0.4 is 0 Å². The fourth-order valence-electron chi connectivity index (χ4n) is 2.23. The van der Waals surface area contributed by atoms with E-state index in [1.165, 1.54) is 9.80 Å². The number of hydrogen-bond donors (Lipinski definition) is 2. The summed E-state index contributed by atoms with van der Waals surface area (Å²) in [6.07, 6.45) is 0.740. The highest BCUT2D eigenvalue weighted by Crippen LogP contribution is 2.25. The molecule has 0 aromatic rings. The van der Waals surface area contributed by atoms with E-state index < -0.39 is 18.1 Å². The van der Waals surface area contributed by atoms with Crippen LogP contribution in [0.3, 0.4) is 0 Å². The van der Waals surface area contributed by atoms with Gasteiger partial charge < -0.3 is 20.0 Å². The van der Waals surface area contributed by atoms with Gasteiger partial charge in [0.2, 0.25) is 0 Å². The lowest BCUT2D eigenvalue weighted by Gasteiger charge is -2.28. The van der Waals surface area contributed by atoms with Crippen LogP contribution in [0.2, 0.25) is 0 Å². The lowest BCUT2D eigenvalue weighted by molar-refractivity contribution is -0.142. The third-order valence-electron chi connectivity index (χ3n) is 3.41. The SMILES string of the molecule is CC(O)CCN(C)C(=O)N1CCC(C)C1C(=O)O. The van der Waals surface area contributed by atoms with Gasteiger partial charge in [-0.3, -0.25) is 0 Å². The predicted molar refractivity (Wildman–Crippen MR) is 66.2 cm³/mol. The Hall–Kier alpha value is -1.30. The van der Waals surface area contributed by atoms with Crippen LogP contribution in [0.4, 0.5) is 4.79 Å². The average Bonchev–Trinajstić information content (AvgIpc) is 2.66. The van der Waals surface area contributed by atoms with Crippen LogP contribution in [0.25, 0.3) is 0 Å². The molecular weight excluding hydrogens is 236 g/mol. The molecule has 2 amide bonds. The minimum absolute atomic E-state index is 0.0170. The Morgan fingerprint density at radius 1 is 1.50 bits per heavy atom. The van der Waals surface area contributed by atoms with Gasteiger partial charge in [0, 0.05) is 20.1 Å². The van der Waals surface area contributed by atoms with Crippen molar-refractivity contribution in [3.8, 4) is 0 Å². The maximum Gasteiger partial charge on any atom is 0.326 e. The molecule has 6 heteroatoms. The maximum absolute atomic E-state index is 12.1. The first-order valence-electron chi connectivity index (χ1n) is 6.27. The predicted octanol–water partition coefficient (Wildman–Crippen LogP) is 0.604. The second kappa shape index (κ2) is 6.04. The zero-order valence-corrected chi connectivity index (χ0v) is 11.2. The lowest BCUT2D eigenvalue weighted by Crippen LogP contribution is -2.48. The molecule has 0 spiro atoms. The van der Waals surface area contributed by atoms with Gasteiger partial charge in [-0.2, -0.15) is 0 Å². The molecule has 104 valence electrons. The van der Waals surface area contributed by atoms with Gasteiger partial charge in [-0.15, -0.1) is 0 Å². The van der Waals surface area contributed by atoms with E-state index in [-0.39, 0.29) is 11.9 Å². The van der Waals surface area contributed by atoms with Crippen molar-refractivity contribution in [3.63, 3.8) is 0 Å². The highest BCUT2D eigenvalue weighted by Gasteiger charge is 2.40. The first-order valence-corrected chi connectivity index (χ1v) is 6.27. The molecule has 0 saturated carbocycles. The molecule has 1 aliphatic rings. The standard InChI is InChI=1S/C12H22N2O4/c1-8-4-7-14(10(8)11(16)17)12(18)13(3)6-5-9(2)15/h8-10,15H,4-7H2,1-3H3,(H,16,17). The number of rotatable bonds is 4. The van der Waals surface area contributed by atoms with E-state index in [1.54, 1.807) is 14.0 Å². The van der Waals surface area contributed by atoms with Crippen LogP contribution in [0.5, 0.6) is 0 Å². The first kappa shape index (κ1) is 14.8. The van der Waals surface area contributed by atoms with Crippen LogP contribution in [-0.4, -0.2) is 64.3 Å². The zero-order chi connectivity index (χ0) is 13.9. The number of carbonyl (C=O) groups excluding carboxylic acids is 1. The molecule has 18 heavy (non-hydrogen) atoms. The van der Waals surface area contributed by atoms with Crippen molar-refractivity contribution >= 4 is 12.0 Å². The number of carboxylic acid groups (broad SMARTS) is 1. The second-order valence-corrected chi connectivity index (χ2v) is 5.08. The van der Waals surface area contributed by atoms with Gasteiger partial charge in [0.25, 0.3) is 0 Å². The minimum Gasteiger partial charge on any atom is -0.480 e. The van der Waals surface area contributed by atoms with Crippen LogP contribution >= 0.6 is 0 Å². The summed E-state index contributed by atoms with van der Waals surface area (Å²) in [4.78, 5) is 26.2. The van der Waals surface area contributed by atoms with Crippen molar-refractivity contribution in [1.29, 1.82) is 0 Å². The monoisotopic (exact) mass is 258 g/mol. The average molecular weight is 258 g/mol. The van der Waals surface area contributed by atoms with Gasteiger partial charge in [-0.1, -0.05) is 6.92 Å². The lowest BCUT2D eigenvalue weighted by atomic mass is 10.0. The topological polar surface area (TPSA) is 81.1 Å². The summed E-state index contributed by atoms with van der Waals surface area (Å²) >= 11 is 0. The molecule has 0 bridgehead atoms. The molecule has 0 aromatic heterocycles. The van der Waals surface area contributed by atoms with Crippen molar-refractivity contribution in [3.05, 3.63) is 0 Å². The zero-order valence-electron chi connectivity index (χ0n) is 11.2. The number of aliphatic hydroxyl groups excluding tert-OH is 1. The highest BCUT2D eigenvalue weighted by molar-refractivity contribution is 5.83. The molecule has 0 aliphatic carbocycles. The molecule has 1 saturated heterocycles. The fraction of sp³-hybridized carbons (Fsp3) is 0.833. The fourth-order valence-corrected chi connectivity index (χ4v) is 2.23. The molecule has 2 N–H and O–H groups in total. The Labute approximate surface area is 107 Å². The van der Waals surface area contributed by atoms with Crippen LogP contribution in [0, 0.1) is 5.92 Å². The van der Waals surface area contributed by atoms with Gasteiger partial charge in [-0.25, -0.2) is 9.59 Å². The summed E-state index contributed by atoms with van der Waals surface area (Å²) in [7, 11) is 1.63. The summed E-state index contributed by atoms with van der Waals surface area (Å²) in [5.74, 6) is -0.964. The van der Waals surface area contributed by atoms with Crippen molar-refractivity contribution in [2.75, 3.05) is 20.1 Å². The number of carbonyl (C=O) groups is 2. The number of amides is 2. The number of nitrogens with zero attached hydrogens (tertiary/aromatic N) is 2. The number of aliphatic carboxylic acids is 1. The van der Waals surface area contributed by atoms with E-state index in [4.69, 9.17) is 5.11 Å². The maximum atomic E-state index is 12.1. The molecule has 1 aliphatic heterocycles. The highest BCUT2D eigenvalue weighted by atomic mass is 16.4.